The molecule has 0 radical (unpaired) electrons. The average Bonchev–Trinajstić information content (AvgIpc) is 4.12. The molecular formula is C63H43N6OPt-3. The quantitative estimate of drug-likeness (QED) is 0.149. The van der Waals surface area contributed by atoms with E-state index in [0.29, 0.717) is 11.5 Å². The number of hydrogen-bond acceptors (Lipinski definition) is 4. The molecule has 0 spiro atoms. The summed E-state index contributed by atoms with van der Waals surface area (Å²) < 4.78 is 13.7. The van der Waals surface area contributed by atoms with Crippen LogP contribution in [0.15, 0.2) is 200 Å². The topological polar surface area (TPSA) is 43.4 Å². The van der Waals surface area contributed by atoms with E-state index in [1.807, 2.05) is 18.2 Å². The number of nitrogens with zero attached hydrogens (tertiary/aromatic N) is 6. The standard InChI is InChI=1S/C63H43N6O.Pt/c1-40-33-60(67-52-24-9-4-19-45(52)46-20-5-10-25-53(46)67)63(61(34-40)68-54-26-11-6-21-47(54)48-22-7-12-27-55(48)68)51-38-64-62(35-41(51)2)69-56-28-13-8-23-49(56)50-32-31-44(37-59(50)69)70-43-18-16-17-42(36-43)66-39-65(3)57-29-14-15-30-58(57)66;/h4-35,38-39H,1-3H3;/q-3;. The zero-order valence-electron chi connectivity index (χ0n) is 39.0. The smallest absolute Gasteiger partial charge is 0.135 e. The number of hydrogen-bond donors (Lipinski definition) is 0. The molecular weight excluding hydrogens is 1050 g/mol. The van der Waals surface area contributed by atoms with Crippen molar-refractivity contribution in [3.05, 3.63) is 230 Å². The van der Waals surface area contributed by atoms with Crippen LogP contribution in [0, 0.1) is 32.6 Å². The molecule has 1 aliphatic rings. The summed E-state index contributed by atoms with van der Waals surface area (Å²) in [5.41, 5.74) is 16.3. The SMILES string of the molecule is Cc1cc(-n2c3ccccc3c3ccccc32)c(-c2cnc(-n3c4[c-]c(Oc5[c-]c(N6[CH-]N(C)c7ccccc76)ccc5)ccc4c4ccccc43)cc2C)c(-n2c3ccccc3c3ccccc32)c1.[Pt]. The summed E-state index contributed by atoms with van der Waals surface area (Å²) >= 11 is 0. The average molecular weight is 1100 g/mol. The number of anilines is 3. The maximum absolute atomic E-state index is 6.61. The molecule has 0 saturated carbocycles. The first-order valence-electron chi connectivity index (χ1n) is 23.7. The Kier molecular flexibility index (Phi) is 10.0. The van der Waals surface area contributed by atoms with Crippen molar-refractivity contribution in [2.75, 3.05) is 16.8 Å². The third-order valence-electron chi connectivity index (χ3n) is 14.1. The number of pyridine rings is 1. The van der Waals surface area contributed by atoms with Gasteiger partial charge < -0.3 is 28.2 Å². The van der Waals surface area contributed by atoms with E-state index in [9.17, 15) is 0 Å². The maximum atomic E-state index is 6.61. The van der Waals surface area contributed by atoms with Gasteiger partial charge in [0.15, 0.2) is 0 Å². The Bertz CT molecular complexity index is 4030. The van der Waals surface area contributed by atoms with Gasteiger partial charge in [0.1, 0.15) is 5.82 Å². The van der Waals surface area contributed by atoms with Crippen LogP contribution in [-0.4, -0.2) is 25.7 Å². The van der Waals surface area contributed by atoms with Crippen LogP contribution in [0.4, 0.5) is 17.1 Å². The first-order chi connectivity index (χ1) is 34.5. The second-order valence-corrected chi connectivity index (χ2v) is 18.3. The predicted octanol–water partition coefficient (Wildman–Crippen LogP) is 15.8. The third-order valence-corrected chi connectivity index (χ3v) is 14.1. The van der Waals surface area contributed by atoms with Gasteiger partial charge in [0, 0.05) is 88.3 Å². The number of aryl methyl sites for hydroxylation is 2. The summed E-state index contributed by atoms with van der Waals surface area (Å²) in [5.74, 6) is 1.99. The van der Waals surface area contributed by atoms with Crippen molar-refractivity contribution in [1.82, 2.24) is 18.7 Å². The van der Waals surface area contributed by atoms with Crippen LogP contribution in [0.5, 0.6) is 11.5 Å². The summed E-state index contributed by atoms with van der Waals surface area (Å²) in [6.07, 6.45) is 2.08. The molecule has 0 aliphatic carbocycles. The Labute approximate surface area is 425 Å². The summed E-state index contributed by atoms with van der Waals surface area (Å²) in [6, 6.07) is 76.1. The van der Waals surface area contributed by atoms with E-state index in [-0.39, 0.29) is 21.1 Å². The molecule has 9 aromatic carbocycles. The number of aromatic nitrogens is 4. The molecule has 1 aliphatic heterocycles. The van der Waals surface area contributed by atoms with Crippen molar-refractivity contribution < 1.29 is 25.8 Å². The second kappa shape index (κ2) is 16.6. The van der Waals surface area contributed by atoms with E-state index >= 15 is 0 Å². The fourth-order valence-electron chi connectivity index (χ4n) is 11.0. The number of ether oxygens (including phenoxy) is 1. The van der Waals surface area contributed by atoms with Gasteiger partial charge in [0.25, 0.3) is 0 Å². The number of benzene rings is 9. The number of fused-ring (bicyclic) bond motifs is 10. The van der Waals surface area contributed by atoms with E-state index in [2.05, 4.69) is 245 Å². The minimum Gasteiger partial charge on any atom is -0.509 e. The van der Waals surface area contributed by atoms with Crippen molar-refractivity contribution in [3.63, 3.8) is 0 Å². The van der Waals surface area contributed by atoms with E-state index in [4.69, 9.17) is 9.72 Å². The fourth-order valence-corrected chi connectivity index (χ4v) is 11.0. The molecule has 0 saturated heterocycles. The summed E-state index contributed by atoms with van der Waals surface area (Å²) in [5, 5.41) is 7.05. The molecule has 0 amide bonds. The van der Waals surface area contributed by atoms with Gasteiger partial charge in [0.05, 0.1) is 33.4 Å². The van der Waals surface area contributed by atoms with E-state index in [0.717, 1.165) is 100 Å². The Balaban J connectivity index is 0.00000492. The maximum Gasteiger partial charge on any atom is 0.135 e. The normalized spacial score (nSPS) is 12.5. The molecule has 0 atom stereocenters. The number of para-hydroxylation sites is 7. The molecule has 5 heterocycles. The molecule has 8 heteroatoms. The summed E-state index contributed by atoms with van der Waals surface area (Å²) in [7, 11) is 2.06. The molecule has 7 nitrogen and oxygen atoms in total. The van der Waals surface area contributed by atoms with Crippen molar-refractivity contribution in [1.29, 1.82) is 0 Å². The minimum atomic E-state index is 0. The van der Waals surface area contributed by atoms with Crippen LogP contribution in [0.25, 0.3) is 93.7 Å². The molecule has 0 fully saturated rings. The van der Waals surface area contributed by atoms with Gasteiger partial charge in [-0.25, -0.2) is 4.98 Å². The van der Waals surface area contributed by atoms with E-state index in [1.165, 1.54) is 21.5 Å². The van der Waals surface area contributed by atoms with Crippen molar-refractivity contribution in [3.8, 4) is 39.8 Å². The molecule has 0 bridgehead atoms. The van der Waals surface area contributed by atoms with Crippen LogP contribution >= 0.6 is 0 Å². The Morgan fingerprint density at radius 1 is 0.465 bits per heavy atom. The predicted molar refractivity (Wildman–Crippen MR) is 288 cm³/mol. The molecule has 0 unspecified atom stereocenters. The monoisotopic (exact) mass is 1090 g/mol. The summed E-state index contributed by atoms with van der Waals surface area (Å²) in [4.78, 5) is 9.69. The van der Waals surface area contributed by atoms with Gasteiger partial charge in [-0.05, 0) is 98.1 Å². The summed E-state index contributed by atoms with van der Waals surface area (Å²) in [6.45, 7) is 6.50. The van der Waals surface area contributed by atoms with Crippen LogP contribution in [-0.2, 0) is 21.1 Å². The largest absolute Gasteiger partial charge is 0.509 e. The molecule has 4 aromatic heterocycles. The van der Waals surface area contributed by atoms with Crippen molar-refractivity contribution in [2.45, 2.75) is 13.8 Å². The van der Waals surface area contributed by atoms with Gasteiger partial charge in [-0.1, -0.05) is 109 Å². The van der Waals surface area contributed by atoms with E-state index in [1.54, 1.807) is 0 Å². The first kappa shape index (κ1) is 42.7. The van der Waals surface area contributed by atoms with E-state index < -0.39 is 0 Å². The zero-order valence-corrected chi connectivity index (χ0v) is 41.3. The Hall–Kier alpha value is -8.38. The van der Waals surface area contributed by atoms with Crippen molar-refractivity contribution >= 4 is 82.5 Å². The van der Waals surface area contributed by atoms with Gasteiger partial charge in [-0.2, -0.15) is 18.8 Å². The Morgan fingerprint density at radius 2 is 0.958 bits per heavy atom. The van der Waals surface area contributed by atoms with Gasteiger partial charge in [0.2, 0.25) is 0 Å². The Morgan fingerprint density at radius 3 is 1.52 bits per heavy atom. The fraction of sp³-hybridized carbons (Fsp3) is 0.0476. The molecule has 344 valence electrons. The van der Waals surface area contributed by atoms with Crippen LogP contribution in [0.3, 0.4) is 0 Å². The first-order valence-corrected chi connectivity index (χ1v) is 23.7. The molecule has 71 heavy (non-hydrogen) atoms. The third kappa shape index (κ3) is 6.64. The molecule has 13 aromatic rings. The zero-order chi connectivity index (χ0) is 46.6. The van der Waals surface area contributed by atoms with Gasteiger partial charge in [-0.15, -0.1) is 41.4 Å². The second-order valence-electron chi connectivity index (χ2n) is 18.3. The molecule has 0 N–H and O–H groups in total. The van der Waals surface area contributed by atoms with Gasteiger partial charge >= 0.3 is 0 Å². The van der Waals surface area contributed by atoms with Crippen molar-refractivity contribution in [2.24, 2.45) is 0 Å². The minimum absolute atomic E-state index is 0. The van der Waals surface area contributed by atoms with Crippen LogP contribution in [0.1, 0.15) is 11.1 Å². The number of rotatable bonds is 7. The van der Waals surface area contributed by atoms with Crippen LogP contribution < -0.4 is 14.5 Å². The van der Waals surface area contributed by atoms with Gasteiger partial charge in [-0.3, -0.25) is 0 Å². The molecule has 14 rings (SSSR count). The van der Waals surface area contributed by atoms with Crippen LogP contribution in [0.2, 0.25) is 0 Å².